The van der Waals surface area contributed by atoms with Gasteiger partial charge >= 0.3 is 0 Å². The third-order valence-corrected chi connectivity index (χ3v) is 2.56. The van der Waals surface area contributed by atoms with Gasteiger partial charge in [0.05, 0.1) is 13.2 Å². The van der Waals surface area contributed by atoms with Crippen LogP contribution in [0.2, 0.25) is 0 Å². The van der Waals surface area contributed by atoms with Crippen molar-refractivity contribution < 1.29 is 14.9 Å². The summed E-state index contributed by atoms with van der Waals surface area (Å²) in [5, 5.41) is 8.74. The Labute approximate surface area is 74.3 Å². The second-order valence-electron chi connectivity index (χ2n) is 3.47. The smallest absolute Gasteiger partial charge is 0.127 e. The predicted octanol–water partition coefficient (Wildman–Crippen LogP) is -3.05. The van der Waals surface area contributed by atoms with Crippen LogP contribution in [0.1, 0.15) is 0 Å². The first kappa shape index (κ1) is 9.71. The molecule has 0 aromatic heterocycles. The van der Waals surface area contributed by atoms with Crippen LogP contribution in [-0.4, -0.2) is 51.0 Å². The third-order valence-electron chi connectivity index (χ3n) is 2.56. The molecule has 70 valence electrons. The van der Waals surface area contributed by atoms with Crippen molar-refractivity contribution in [1.29, 1.82) is 0 Å². The molecule has 0 spiro atoms. The fourth-order valence-corrected chi connectivity index (χ4v) is 1.77. The molecule has 3 heteroatoms. The van der Waals surface area contributed by atoms with Crippen molar-refractivity contribution in [2.24, 2.45) is 0 Å². The average Bonchev–Trinajstić information content (AvgIpc) is 2.09. The highest BCUT2D eigenvalue weighted by atomic mass is 16.3. The summed E-state index contributed by atoms with van der Waals surface area (Å²) in [4.78, 5) is 3.18. The molecule has 0 atom stereocenters. The van der Waals surface area contributed by atoms with Crippen molar-refractivity contribution in [2.45, 2.75) is 0 Å². The minimum Gasteiger partial charge on any atom is -0.391 e. The van der Waals surface area contributed by atoms with E-state index in [0.29, 0.717) is 6.61 Å². The molecule has 0 aromatic rings. The number of hydrogen-bond donors (Lipinski definition) is 3. The van der Waals surface area contributed by atoms with E-state index < -0.39 is 0 Å². The minimum absolute atomic E-state index is 0.326. The van der Waals surface area contributed by atoms with Gasteiger partial charge in [0.2, 0.25) is 0 Å². The van der Waals surface area contributed by atoms with Crippen LogP contribution in [0.25, 0.3) is 0 Å². The van der Waals surface area contributed by atoms with Crippen LogP contribution in [0.15, 0.2) is 12.7 Å². The zero-order valence-corrected chi connectivity index (χ0v) is 7.68. The molecular weight excluding hydrogens is 152 g/mol. The number of rotatable bonds is 4. The molecule has 1 fully saturated rings. The molecule has 0 bridgehead atoms. The second-order valence-corrected chi connectivity index (χ2v) is 3.47. The van der Waals surface area contributed by atoms with Gasteiger partial charge in [-0.3, -0.25) is 0 Å². The van der Waals surface area contributed by atoms with E-state index in [1.165, 1.54) is 26.2 Å². The highest BCUT2D eigenvalue weighted by Crippen LogP contribution is 1.61. The molecule has 12 heavy (non-hydrogen) atoms. The van der Waals surface area contributed by atoms with E-state index in [2.05, 4.69) is 6.58 Å². The number of aliphatic hydroxyl groups excluding tert-OH is 1. The quantitative estimate of drug-likeness (QED) is 0.386. The molecule has 3 nitrogen and oxygen atoms in total. The lowest BCUT2D eigenvalue weighted by atomic mass is 10.3. The molecule has 1 aliphatic heterocycles. The molecule has 0 unspecified atom stereocenters. The lowest BCUT2D eigenvalue weighted by Gasteiger charge is -2.28. The maximum atomic E-state index is 8.74. The van der Waals surface area contributed by atoms with Crippen LogP contribution in [0.3, 0.4) is 0 Å². The number of nitrogens with one attached hydrogen (secondary N) is 2. The molecule has 1 aliphatic rings. The topological polar surface area (TPSA) is 29.1 Å². The summed E-state index contributed by atoms with van der Waals surface area (Å²) < 4.78 is 0. The van der Waals surface area contributed by atoms with E-state index in [0.717, 1.165) is 13.1 Å². The van der Waals surface area contributed by atoms with Crippen molar-refractivity contribution in [2.75, 3.05) is 45.9 Å². The zero-order valence-electron chi connectivity index (χ0n) is 7.68. The summed E-state index contributed by atoms with van der Waals surface area (Å²) in [6.45, 7) is 10.9. The number of aliphatic hydroxyl groups is 1. The number of piperazine rings is 1. The van der Waals surface area contributed by atoms with E-state index in [1.54, 1.807) is 9.80 Å². The molecule has 1 heterocycles. The Morgan fingerprint density at radius 1 is 1.17 bits per heavy atom. The van der Waals surface area contributed by atoms with Gasteiger partial charge in [-0.05, 0) is 6.08 Å². The van der Waals surface area contributed by atoms with Crippen molar-refractivity contribution in [1.82, 2.24) is 0 Å². The Morgan fingerprint density at radius 2 is 1.75 bits per heavy atom. The zero-order chi connectivity index (χ0) is 8.81. The summed E-state index contributed by atoms with van der Waals surface area (Å²) in [6, 6.07) is 0. The standard InChI is InChI=1S/C9H18N2O/c1-2-3-10-4-6-11(7-5-10)8-9-12/h2,12H,1,3-9H2/p+2. The maximum absolute atomic E-state index is 8.74. The Kier molecular flexibility index (Phi) is 4.29. The van der Waals surface area contributed by atoms with Gasteiger partial charge in [0.15, 0.2) is 0 Å². The Balaban J connectivity index is 2.15. The van der Waals surface area contributed by atoms with Gasteiger partial charge in [0, 0.05) is 0 Å². The first-order chi connectivity index (χ1) is 5.86. The largest absolute Gasteiger partial charge is 0.391 e. The molecule has 0 saturated carbocycles. The molecule has 0 radical (unpaired) electrons. The SMILES string of the molecule is C=CC[NH+]1CC[NH+](CCO)CC1. The fourth-order valence-electron chi connectivity index (χ4n) is 1.77. The fraction of sp³-hybridized carbons (Fsp3) is 0.778. The normalized spacial score (nSPS) is 30.1. The molecule has 1 rings (SSSR count). The first-order valence-corrected chi connectivity index (χ1v) is 4.75. The van der Waals surface area contributed by atoms with Gasteiger partial charge in [0.25, 0.3) is 0 Å². The second kappa shape index (κ2) is 5.30. The molecule has 0 aliphatic carbocycles. The van der Waals surface area contributed by atoms with E-state index in [1.807, 2.05) is 6.08 Å². The van der Waals surface area contributed by atoms with Crippen LogP contribution < -0.4 is 9.80 Å². The highest BCUT2D eigenvalue weighted by molar-refractivity contribution is 4.63. The Morgan fingerprint density at radius 3 is 2.25 bits per heavy atom. The summed E-state index contributed by atoms with van der Waals surface area (Å²) in [5.41, 5.74) is 0. The lowest BCUT2D eigenvalue weighted by Crippen LogP contribution is -3.28. The van der Waals surface area contributed by atoms with Crippen molar-refractivity contribution in [3.8, 4) is 0 Å². The maximum Gasteiger partial charge on any atom is 0.127 e. The van der Waals surface area contributed by atoms with Gasteiger partial charge in [-0.15, -0.1) is 0 Å². The Bertz CT molecular complexity index is 130. The van der Waals surface area contributed by atoms with E-state index in [-0.39, 0.29) is 0 Å². The van der Waals surface area contributed by atoms with Crippen LogP contribution in [0.5, 0.6) is 0 Å². The van der Waals surface area contributed by atoms with Crippen LogP contribution in [0.4, 0.5) is 0 Å². The van der Waals surface area contributed by atoms with E-state index in [9.17, 15) is 0 Å². The van der Waals surface area contributed by atoms with Crippen LogP contribution in [0, 0.1) is 0 Å². The predicted molar refractivity (Wildman–Crippen MR) is 48.4 cm³/mol. The van der Waals surface area contributed by atoms with Gasteiger partial charge in [-0.25, -0.2) is 0 Å². The first-order valence-electron chi connectivity index (χ1n) is 4.75. The van der Waals surface area contributed by atoms with Gasteiger partial charge in [-0.1, -0.05) is 6.58 Å². The third kappa shape index (κ3) is 2.93. The van der Waals surface area contributed by atoms with Crippen molar-refractivity contribution >= 4 is 0 Å². The number of quaternary nitrogens is 2. The van der Waals surface area contributed by atoms with Gasteiger partial charge in [-0.2, -0.15) is 0 Å². The summed E-state index contributed by atoms with van der Waals surface area (Å²) in [6.07, 6.45) is 1.99. The molecule has 0 aromatic carbocycles. The summed E-state index contributed by atoms with van der Waals surface area (Å²) in [5.74, 6) is 0. The Hall–Kier alpha value is -0.380. The van der Waals surface area contributed by atoms with E-state index >= 15 is 0 Å². The van der Waals surface area contributed by atoms with Crippen LogP contribution >= 0.6 is 0 Å². The summed E-state index contributed by atoms with van der Waals surface area (Å²) in [7, 11) is 0. The van der Waals surface area contributed by atoms with Crippen LogP contribution in [-0.2, 0) is 0 Å². The van der Waals surface area contributed by atoms with Crippen molar-refractivity contribution in [3.05, 3.63) is 12.7 Å². The highest BCUT2D eigenvalue weighted by Gasteiger charge is 2.20. The number of hydrogen-bond acceptors (Lipinski definition) is 1. The minimum atomic E-state index is 0.326. The lowest BCUT2D eigenvalue weighted by molar-refractivity contribution is -1.01. The van der Waals surface area contributed by atoms with Gasteiger partial charge < -0.3 is 14.9 Å². The van der Waals surface area contributed by atoms with Gasteiger partial charge in [0.1, 0.15) is 32.7 Å². The average molecular weight is 172 g/mol. The van der Waals surface area contributed by atoms with Crippen molar-refractivity contribution in [3.63, 3.8) is 0 Å². The van der Waals surface area contributed by atoms with E-state index in [4.69, 9.17) is 5.11 Å². The molecular formula is C9H20N2O+2. The molecule has 3 N–H and O–H groups in total. The molecule has 0 amide bonds. The monoisotopic (exact) mass is 172 g/mol. The summed E-state index contributed by atoms with van der Waals surface area (Å²) >= 11 is 0. The molecule has 1 saturated heterocycles.